The first kappa shape index (κ1) is 24.4. The summed E-state index contributed by atoms with van der Waals surface area (Å²) < 4.78 is 2.61. The summed E-state index contributed by atoms with van der Waals surface area (Å²) in [5, 5.41) is 1.85. The molecule has 1 unspecified atom stereocenters. The van der Waals surface area contributed by atoms with Crippen molar-refractivity contribution in [3.05, 3.63) is 62.3 Å². The SMILES string of the molecule is CC(C)CP(CC(C)C)C1=Cc2ccccc2[CH]1[Hf+2][C]1=CC=CC1.[Cl-].[Cl-]. The third-order valence-electron chi connectivity index (χ3n) is 4.54. The summed E-state index contributed by atoms with van der Waals surface area (Å²) in [5.41, 5.74) is 3.18. The Morgan fingerprint density at radius 1 is 1.04 bits per heavy atom. The molecule has 2 aliphatic carbocycles. The Morgan fingerprint density at radius 2 is 1.69 bits per heavy atom. The standard InChI is InChI=1S/C17H24P.C5H5.2ClH.Hf/c1-13(2)11-18(12-14(3)4)17-9-15-7-5-6-8-16(15)10-17;1-2-4-5-3-1;;;/h5-10,13-14H,11-12H2,1-4H3;1-3H,4H2;2*1H;/q;;;;+2/p-2. The second kappa shape index (κ2) is 11.4. The van der Waals surface area contributed by atoms with Crippen LogP contribution in [-0.2, 0) is 22.9 Å². The third kappa shape index (κ3) is 6.16. The minimum atomic E-state index is -0.844. The molecule has 0 N–H and O–H groups in total. The maximum absolute atomic E-state index is 2.60. The van der Waals surface area contributed by atoms with Gasteiger partial charge in [-0.15, -0.1) is 0 Å². The van der Waals surface area contributed by atoms with Crippen LogP contribution >= 0.6 is 7.92 Å². The largest absolute Gasteiger partial charge is 1.00 e. The van der Waals surface area contributed by atoms with E-state index in [9.17, 15) is 0 Å². The molecule has 0 fully saturated rings. The first-order valence-electron chi connectivity index (χ1n) is 9.22. The number of hydrogen-bond donors (Lipinski definition) is 0. The van der Waals surface area contributed by atoms with Crippen LogP contribution in [0.4, 0.5) is 0 Å². The molecule has 0 aliphatic heterocycles. The quantitative estimate of drug-likeness (QED) is 0.335. The van der Waals surface area contributed by atoms with Gasteiger partial charge in [0.05, 0.1) is 0 Å². The van der Waals surface area contributed by atoms with E-state index in [1.165, 1.54) is 24.3 Å². The van der Waals surface area contributed by atoms with E-state index in [4.69, 9.17) is 0 Å². The Labute approximate surface area is 184 Å². The summed E-state index contributed by atoms with van der Waals surface area (Å²) in [6.45, 7) is 9.61. The first-order valence-corrected chi connectivity index (χ1v) is 14.8. The molecule has 0 nitrogen and oxygen atoms in total. The van der Waals surface area contributed by atoms with Crippen LogP contribution in [0.1, 0.15) is 48.9 Å². The van der Waals surface area contributed by atoms with Crippen molar-refractivity contribution in [2.45, 2.75) is 37.8 Å². The summed E-state index contributed by atoms with van der Waals surface area (Å²) in [6.07, 6.45) is 13.7. The van der Waals surface area contributed by atoms with Gasteiger partial charge in [-0.05, 0) is 0 Å². The molecular formula is C22H29Cl2HfP. The van der Waals surface area contributed by atoms with Crippen molar-refractivity contribution < 1.29 is 47.7 Å². The van der Waals surface area contributed by atoms with E-state index in [1.54, 1.807) is 8.89 Å². The predicted molar refractivity (Wildman–Crippen MR) is 105 cm³/mol. The zero-order valence-electron chi connectivity index (χ0n) is 16.2. The van der Waals surface area contributed by atoms with Crippen molar-refractivity contribution in [2.24, 2.45) is 11.8 Å². The second-order valence-electron chi connectivity index (χ2n) is 7.79. The van der Waals surface area contributed by atoms with Crippen molar-refractivity contribution in [1.29, 1.82) is 0 Å². The van der Waals surface area contributed by atoms with Crippen LogP contribution in [0.3, 0.4) is 0 Å². The van der Waals surface area contributed by atoms with Crippen LogP contribution in [0.15, 0.2) is 51.1 Å². The Balaban J connectivity index is 0.00000169. The van der Waals surface area contributed by atoms with Crippen molar-refractivity contribution in [3.63, 3.8) is 0 Å². The molecule has 26 heavy (non-hydrogen) atoms. The maximum atomic E-state index is 2.60. The molecule has 0 radical (unpaired) electrons. The molecule has 1 aromatic rings. The fourth-order valence-corrected chi connectivity index (χ4v) is 14.5. The topological polar surface area (TPSA) is 0 Å². The first-order chi connectivity index (χ1) is 11.5. The van der Waals surface area contributed by atoms with E-state index in [2.05, 4.69) is 76.3 Å². The van der Waals surface area contributed by atoms with Gasteiger partial charge in [0.1, 0.15) is 0 Å². The molecule has 0 spiro atoms. The van der Waals surface area contributed by atoms with Gasteiger partial charge in [-0.3, -0.25) is 0 Å². The number of allylic oxidation sites excluding steroid dienone is 5. The summed E-state index contributed by atoms with van der Waals surface area (Å²) in [6, 6.07) is 9.23. The molecule has 0 amide bonds. The monoisotopic (exact) mass is 574 g/mol. The molecule has 1 aromatic carbocycles. The smallest absolute Gasteiger partial charge is 1.00 e. The number of rotatable bonds is 7. The molecule has 0 saturated carbocycles. The molecule has 140 valence electrons. The van der Waals surface area contributed by atoms with Gasteiger partial charge in [0.2, 0.25) is 0 Å². The van der Waals surface area contributed by atoms with Crippen LogP contribution in [0.25, 0.3) is 6.08 Å². The van der Waals surface area contributed by atoms with Gasteiger partial charge in [0, 0.05) is 0 Å². The van der Waals surface area contributed by atoms with Crippen LogP contribution in [0.2, 0.25) is 0 Å². The number of hydrogen-bond acceptors (Lipinski definition) is 0. The van der Waals surface area contributed by atoms with Crippen molar-refractivity contribution >= 4 is 14.0 Å². The van der Waals surface area contributed by atoms with Crippen molar-refractivity contribution in [3.8, 4) is 0 Å². The summed E-state index contributed by atoms with van der Waals surface area (Å²) >= 11 is -0.844. The van der Waals surface area contributed by atoms with Gasteiger partial charge < -0.3 is 24.8 Å². The van der Waals surface area contributed by atoms with Gasteiger partial charge in [0.15, 0.2) is 0 Å². The van der Waals surface area contributed by atoms with E-state index in [0.29, 0.717) is 0 Å². The molecule has 4 heteroatoms. The Hall–Kier alpha value is 0.320. The van der Waals surface area contributed by atoms with Crippen LogP contribution in [0.5, 0.6) is 0 Å². The van der Waals surface area contributed by atoms with E-state index in [0.717, 1.165) is 15.5 Å². The summed E-state index contributed by atoms with van der Waals surface area (Å²) in [7, 11) is 0.0155. The number of benzene rings is 1. The molecule has 3 rings (SSSR count). The minimum absolute atomic E-state index is 0. The van der Waals surface area contributed by atoms with Crippen molar-refractivity contribution in [1.82, 2.24) is 0 Å². The molecule has 2 aliphatic rings. The maximum Gasteiger partial charge on any atom is -1.00 e. The van der Waals surface area contributed by atoms with Gasteiger partial charge in [-0.2, -0.15) is 0 Å². The Morgan fingerprint density at radius 3 is 2.27 bits per heavy atom. The second-order valence-corrected chi connectivity index (χ2v) is 15.5. The van der Waals surface area contributed by atoms with E-state index >= 15 is 0 Å². The van der Waals surface area contributed by atoms with Crippen molar-refractivity contribution in [2.75, 3.05) is 12.3 Å². The zero-order valence-corrected chi connectivity index (χ0v) is 22.2. The van der Waals surface area contributed by atoms with Gasteiger partial charge in [-0.25, -0.2) is 0 Å². The normalized spacial score (nSPS) is 17.6. The molecule has 0 saturated heterocycles. The van der Waals surface area contributed by atoms with Gasteiger partial charge >= 0.3 is 161 Å². The van der Waals surface area contributed by atoms with Crippen LogP contribution < -0.4 is 24.8 Å². The minimum Gasteiger partial charge on any atom is -1.00 e. The van der Waals surface area contributed by atoms with Gasteiger partial charge in [0.25, 0.3) is 0 Å². The molecule has 1 atom stereocenters. The summed E-state index contributed by atoms with van der Waals surface area (Å²) in [5.74, 6) is 1.61. The third-order valence-corrected chi connectivity index (χ3v) is 14.8. The van der Waals surface area contributed by atoms with E-state index in [1.807, 2.05) is 5.31 Å². The molecule has 0 bridgehead atoms. The number of fused-ring (bicyclic) bond motifs is 1. The predicted octanol–water partition coefficient (Wildman–Crippen LogP) is 0.810. The average Bonchev–Trinajstić information content (AvgIpc) is 3.14. The molecule has 0 aromatic heterocycles. The molecular weight excluding hydrogens is 545 g/mol. The average molecular weight is 574 g/mol. The zero-order chi connectivity index (χ0) is 17.1. The van der Waals surface area contributed by atoms with Crippen LogP contribution in [0, 0.1) is 11.8 Å². The van der Waals surface area contributed by atoms with E-state index in [-0.39, 0.29) is 32.7 Å². The van der Waals surface area contributed by atoms with Crippen LogP contribution in [-0.4, -0.2) is 12.3 Å². The molecule has 0 heterocycles. The summed E-state index contributed by atoms with van der Waals surface area (Å²) in [4.78, 5) is 0. The Kier molecular flexibility index (Phi) is 10.6. The fraction of sp³-hybridized carbons (Fsp3) is 0.455. The Bertz CT molecular complexity index is 666. The fourth-order valence-electron chi connectivity index (χ4n) is 3.64. The van der Waals surface area contributed by atoms with Gasteiger partial charge in [-0.1, -0.05) is 0 Å². The number of halogens is 2. The van der Waals surface area contributed by atoms with E-state index < -0.39 is 22.9 Å².